The van der Waals surface area contributed by atoms with Gasteiger partial charge in [0.2, 0.25) is 0 Å². The SMILES string of the molecule is CC(F)(F)CSc1cccc(N)c1. The van der Waals surface area contributed by atoms with Crippen LogP contribution >= 0.6 is 11.8 Å². The maximum atomic E-state index is 12.5. The fourth-order valence-corrected chi connectivity index (χ4v) is 1.63. The molecule has 1 nitrogen and oxygen atoms in total. The van der Waals surface area contributed by atoms with Crippen LogP contribution in [0.15, 0.2) is 29.2 Å². The average Bonchev–Trinajstić information content (AvgIpc) is 2.00. The Bertz CT molecular complexity index is 283. The minimum atomic E-state index is -2.63. The van der Waals surface area contributed by atoms with Crippen LogP contribution in [-0.2, 0) is 0 Å². The van der Waals surface area contributed by atoms with E-state index in [1.807, 2.05) is 0 Å². The molecule has 0 unspecified atom stereocenters. The topological polar surface area (TPSA) is 26.0 Å². The molecule has 72 valence electrons. The average molecular weight is 203 g/mol. The Morgan fingerprint density at radius 3 is 2.69 bits per heavy atom. The second-order valence-corrected chi connectivity index (χ2v) is 3.98. The standard InChI is InChI=1S/C9H11F2NS/c1-9(10,11)6-13-8-4-2-3-7(12)5-8/h2-5H,6,12H2,1H3. The first kappa shape index (κ1) is 10.3. The van der Waals surface area contributed by atoms with Crippen LogP contribution in [0.1, 0.15) is 6.92 Å². The van der Waals surface area contributed by atoms with Crippen molar-refractivity contribution < 1.29 is 8.78 Å². The molecule has 13 heavy (non-hydrogen) atoms. The van der Waals surface area contributed by atoms with E-state index in [9.17, 15) is 8.78 Å². The summed E-state index contributed by atoms with van der Waals surface area (Å²) >= 11 is 1.11. The number of halogens is 2. The number of benzene rings is 1. The summed E-state index contributed by atoms with van der Waals surface area (Å²) in [5, 5.41) is 0. The van der Waals surface area contributed by atoms with Gasteiger partial charge in [-0.15, -0.1) is 11.8 Å². The lowest BCUT2D eigenvalue weighted by molar-refractivity contribution is 0.0492. The summed E-state index contributed by atoms with van der Waals surface area (Å²) in [4.78, 5) is 0.779. The number of anilines is 1. The maximum absolute atomic E-state index is 12.5. The molecule has 0 atom stereocenters. The molecule has 0 fully saturated rings. The van der Waals surface area contributed by atoms with E-state index in [4.69, 9.17) is 5.73 Å². The van der Waals surface area contributed by atoms with Gasteiger partial charge in [-0.05, 0) is 18.2 Å². The van der Waals surface area contributed by atoms with Crippen molar-refractivity contribution in [1.82, 2.24) is 0 Å². The van der Waals surface area contributed by atoms with Crippen LogP contribution in [0.2, 0.25) is 0 Å². The van der Waals surface area contributed by atoms with Gasteiger partial charge in [-0.2, -0.15) is 0 Å². The van der Waals surface area contributed by atoms with Crippen LogP contribution in [0, 0.1) is 0 Å². The molecule has 0 aliphatic heterocycles. The molecule has 1 rings (SSSR count). The van der Waals surface area contributed by atoms with Gasteiger partial charge in [0.05, 0.1) is 5.75 Å². The monoisotopic (exact) mass is 203 g/mol. The quantitative estimate of drug-likeness (QED) is 0.603. The van der Waals surface area contributed by atoms with Gasteiger partial charge in [-0.3, -0.25) is 0 Å². The van der Waals surface area contributed by atoms with E-state index in [0.717, 1.165) is 23.6 Å². The van der Waals surface area contributed by atoms with Crippen LogP contribution in [0.4, 0.5) is 14.5 Å². The van der Waals surface area contributed by atoms with Crippen molar-refractivity contribution >= 4 is 17.4 Å². The number of thioether (sulfide) groups is 1. The van der Waals surface area contributed by atoms with Crippen molar-refractivity contribution in [2.24, 2.45) is 0 Å². The van der Waals surface area contributed by atoms with E-state index < -0.39 is 5.92 Å². The van der Waals surface area contributed by atoms with Crippen molar-refractivity contribution in [2.45, 2.75) is 17.7 Å². The molecule has 0 bridgehead atoms. The fourth-order valence-electron chi connectivity index (χ4n) is 0.814. The number of hydrogen-bond acceptors (Lipinski definition) is 2. The minimum absolute atomic E-state index is 0.212. The van der Waals surface area contributed by atoms with E-state index in [-0.39, 0.29) is 5.75 Å². The number of rotatable bonds is 3. The molecular formula is C9H11F2NS. The summed E-state index contributed by atoms with van der Waals surface area (Å²) < 4.78 is 24.9. The summed E-state index contributed by atoms with van der Waals surface area (Å²) in [6, 6.07) is 6.95. The Hall–Kier alpha value is -0.770. The van der Waals surface area contributed by atoms with Crippen molar-refractivity contribution in [1.29, 1.82) is 0 Å². The molecule has 0 saturated carbocycles. The van der Waals surface area contributed by atoms with Crippen LogP contribution in [0.5, 0.6) is 0 Å². The molecule has 1 aromatic rings. The predicted molar refractivity (Wildman–Crippen MR) is 52.2 cm³/mol. The summed E-state index contributed by atoms with van der Waals surface area (Å²) in [6.45, 7) is 0.909. The zero-order valence-electron chi connectivity index (χ0n) is 7.26. The first-order valence-corrected chi connectivity index (χ1v) is 4.82. The highest BCUT2D eigenvalue weighted by atomic mass is 32.2. The Balaban J connectivity index is 2.55. The zero-order valence-corrected chi connectivity index (χ0v) is 8.07. The number of nitrogen functional groups attached to an aromatic ring is 1. The van der Waals surface area contributed by atoms with Crippen molar-refractivity contribution in [3.05, 3.63) is 24.3 Å². The lowest BCUT2D eigenvalue weighted by atomic mass is 10.3. The van der Waals surface area contributed by atoms with E-state index in [2.05, 4.69) is 0 Å². The second kappa shape index (κ2) is 3.96. The third kappa shape index (κ3) is 4.12. The van der Waals surface area contributed by atoms with Crippen LogP contribution in [0.3, 0.4) is 0 Å². The summed E-state index contributed by atoms with van der Waals surface area (Å²) in [5.41, 5.74) is 6.10. The van der Waals surface area contributed by atoms with Gasteiger partial charge in [-0.25, -0.2) is 8.78 Å². The molecule has 2 N–H and O–H groups in total. The minimum Gasteiger partial charge on any atom is -0.399 e. The molecule has 4 heteroatoms. The summed E-state index contributed by atoms with van der Waals surface area (Å²) in [6.07, 6.45) is 0. The van der Waals surface area contributed by atoms with Gasteiger partial charge >= 0.3 is 0 Å². The predicted octanol–water partition coefficient (Wildman–Crippen LogP) is 3.02. The molecule has 0 aliphatic carbocycles. The Labute approximate surface area is 80.3 Å². The molecule has 0 radical (unpaired) electrons. The van der Waals surface area contributed by atoms with E-state index >= 15 is 0 Å². The Kier molecular flexibility index (Phi) is 3.14. The number of alkyl halides is 2. The first-order valence-electron chi connectivity index (χ1n) is 3.83. The van der Waals surface area contributed by atoms with Gasteiger partial charge in [0.1, 0.15) is 0 Å². The van der Waals surface area contributed by atoms with Crippen LogP contribution in [-0.4, -0.2) is 11.7 Å². The van der Waals surface area contributed by atoms with Gasteiger partial charge in [0, 0.05) is 17.5 Å². The Morgan fingerprint density at radius 1 is 1.46 bits per heavy atom. The van der Waals surface area contributed by atoms with E-state index in [0.29, 0.717) is 5.69 Å². The van der Waals surface area contributed by atoms with Crippen molar-refractivity contribution in [3.63, 3.8) is 0 Å². The Morgan fingerprint density at radius 2 is 2.15 bits per heavy atom. The molecule has 0 heterocycles. The van der Waals surface area contributed by atoms with Gasteiger partial charge in [-0.1, -0.05) is 6.07 Å². The van der Waals surface area contributed by atoms with Crippen molar-refractivity contribution in [2.75, 3.05) is 11.5 Å². The third-order valence-corrected chi connectivity index (χ3v) is 2.59. The maximum Gasteiger partial charge on any atom is 0.254 e. The largest absolute Gasteiger partial charge is 0.399 e. The summed E-state index contributed by atoms with van der Waals surface area (Å²) in [5.74, 6) is -2.84. The van der Waals surface area contributed by atoms with E-state index in [1.54, 1.807) is 24.3 Å². The lowest BCUT2D eigenvalue weighted by Gasteiger charge is -2.09. The zero-order chi connectivity index (χ0) is 9.90. The second-order valence-electron chi connectivity index (χ2n) is 2.93. The molecular weight excluding hydrogens is 192 g/mol. The fraction of sp³-hybridized carbons (Fsp3) is 0.333. The van der Waals surface area contributed by atoms with Gasteiger partial charge in [0.15, 0.2) is 0 Å². The third-order valence-electron chi connectivity index (χ3n) is 1.35. The first-order chi connectivity index (χ1) is 5.97. The normalized spacial score (nSPS) is 11.6. The molecule has 0 amide bonds. The smallest absolute Gasteiger partial charge is 0.254 e. The van der Waals surface area contributed by atoms with Gasteiger partial charge in [0.25, 0.3) is 5.92 Å². The number of nitrogens with two attached hydrogens (primary N) is 1. The highest BCUT2D eigenvalue weighted by molar-refractivity contribution is 7.99. The van der Waals surface area contributed by atoms with E-state index in [1.165, 1.54) is 0 Å². The highest BCUT2D eigenvalue weighted by Crippen LogP contribution is 2.26. The highest BCUT2D eigenvalue weighted by Gasteiger charge is 2.20. The van der Waals surface area contributed by atoms with Crippen LogP contribution < -0.4 is 5.73 Å². The van der Waals surface area contributed by atoms with Crippen molar-refractivity contribution in [3.8, 4) is 0 Å². The molecule has 0 aromatic heterocycles. The summed E-state index contributed by atoms with van der Waals surface area (Å²) in [7, 11) is 0. The van der Waals surface area contributed by atoms with Gasteiger partial charge < -0.3 is 5.73 Å². The van der Waals surface area contributed by atoms with Crippen LogP contribution in [0.25, 0.3) is 0 Å². The molecule has 0 aliphatic rings. The number of hydrogen-bond donors (Lipinski definition) is 1. The lowest BCUT2D eigenvalue weighted by Crippen LogP contribution is -2.12. The molecule has 1 aromatic carbocycles. The molecule has 0 spiro atoms. The molecule has 0 saturated heterocycles.